The van der Waals surface area contributed by atoms with Gasteiger partial charge in [0.15, 0.2) is 0 Å². The fourth-order valence-corrected chi connectivity index (χ4v) is 0.234. The Kier molecular flexibility index (Phi) is 10.8. The van der Waals surface area contributed by atoms with Gasteiger partial charge in [0.1, 0.15) is 6.04 Å². The van der Waals surface area contributed by atoms with E-state index in [0.717, 1.165) is 0 Å². The highest BCUT2D eigenvalue weighted by atomic mass is 32.1. The number of carboxylic acids is 1. The molecule has 0 rings (SSSR count). The van der Waals surface area contributed by atoms with Gasteiger partial charge in [0.2, 0.25) is 0 Å². The number of hydrogen-bond acceptors (Lipinski definition) is 4. The number of carboxylic acid groups (broad SMARTS) is 1. The average Bonchev–Trinajstić information content (AvgIpc) is 1.91. The van der Waals surface area contributed by atoms with Crippen LogP contribution in [0.25, 0.3) is 0 Å². The van der Waals surface area contributed by atoms with E-state index in [2.05, 4.69) is 18.1 Å². The van der Waals surface area contributed by atoms with E-state index in [9.17, 15) is 4.79 Å². The van der Waals surface area contributed by atoms with E-state index in [1.807, 2.05) is 9.39 Å². The first kappa shape index (κ1) is 11.9. The zero-order valence-corrected chi connectivity index (χ0v) is 6.87. The molecule has 0 amide bonds. The zero-order valence-electron chi connectivity index (χ0n) is 4.82. The molecule has 2 atom stereocenters. The van der Waals surface area contributed by atoms with Crippen LogP contribution in [0.1, 0.15) is 0 Å². The molecular weight excluding hydrogens is 159 g/mol. The van der Waals surface area contributed by atoms with Gasteiger partial charge >= 0.3 is 5.97 Å². The van der Waals surface area contributed by atoms with Crippen molar-refractivity contribution in [1.29, 1.82) is 0 Å². The summed E-state index contributed by atoms with van der Waals surface area (Å²) in [5, 5.41) is 8.01. The SMILES string of the molecule is NC(CS)C(=O)O.NP. The summed E-state index contributed by atoms with van der Waals surface area (Å²) in [5.41, 5.74) is 9.36. The molecule has 56 valence electrons. The second kappa shape index (κ2) is 8.17. The van der Waals surface area contributed by atoms with E-state index in [-0.39, 0.29) is 5.75 Å². The van der Waals surface area contributed by atoms with Crippen LogP contribution in [-0.2, 0) is 4.79 Å². The van der Waals surface area contributed by atoms with Gasteiger partial charge in [0.25, 0.3) is 0 Å². The molecule has 6 heteroatoms. The third kappa shape index (κ3) is 8.17. The van der Waals surface area contributed by atoms with Gasteiger partial charge in [0, 0.05) is 5.75 Å². The van der Waals surface area contributed by atoms with Gasteiger partial charge in [-0.3, -0.25) is 4.79 Å². The predicted molar refractivity (Wildman–Crippen MR) is 43.4 cm³/mol. The second-order valence-electron chi connectivity index (χ2n) is 1.13. The molecule has 0 aromatic carbocycles. The number of hydrogen-bond donors (Lipinski definition) is 4. The van der Waals surface area contributed by atoms with E-state index >= 15 is 0 Å². The first-order valence-electron chi connectivity index (χ1n) is 2.11. The molecule has 0 aliphatic rings. The minimum atomic E-state index is -1.00. The molecule has 0 aliphatic carbocycles. The van der Waals surface area contributed by atoms with Crippen LogP contribution in [0.3, 0.4) is 0 Å². The Labute approximate surface area is 61.7 Å². The summed E-state index contributed by atoms with van der Waals surface area (Å²) in [6.07, 6.45) is 0. The van der Waals surface area contributed by atoms with Gasteiger partial charge in [-0.05, 0) is 0 Å². The maximum absolute atomic E-state index is 9.76. The molecule has 0 bridgehead atoms. The van der Waals surface area contributed by atoms with Crippen molar-refractivity contribution in [3.63, 3.8) is 0 Å². The summed E-state index contributed by atoms with van der Waals surface area (Å²) in [6, 6.07) is -0.816. The molecule has 4 nitrogen and oxygen atoms in total. The Balaban J connectivity index is 0. The van der Waals surface area contributed by atoms with Gasteiger partial charge in [-0.1, -0.05) is 9.39 Å². The van der Waals surface area contributed by atoms with E-state index in [1.54, 1.807) is 0 Å². The lowest BCUT2D eigenvalue weighted by molar-refractivity contribution is -0.137. The molecular formula is C3H11N2O2PS. The molecule has 0 saturated heterocycles. The van der Waals surface area contributed by atoms with E-state index < -0.39 is 12.0 Å². The van der Waals surface area contributed by atoms with Crippen LogP contribution in [0.2, 0.25) is 0 Å². The Morgan fingerprint density at radius 3 is 2.11 bits per heavy atom. The minimum absolute atomic E-state index is 0.190. The van der Waals surface area contributed by atoms with Gasteiger partial charge < -0.3 is 16.3 Å². The fraction of sp³-hybridized carbons (Fsp3) is 0.667. The minimum Gasteiger partial charge on any atom is -0.480 e. The lowest BCUT2D eigenvalue weighted by Gasteiger charge is -1.96. The fourth-order valence-electron chi connectivity index (χ4n) is 0.0781. The van der Waals surface area contributed by atoms with Crippen molar-refractivity contribution in [3.8, 4) is 0 Å². The van der Waals surface area contributed by atoms with Crippen LogP contribution in [-0.4, -0.2) is 22.9 Å². The molecule has 2 unspecified atom stereocenters. The van der Waals surface area contributed by atoms with Gasteiger partial charge in [-0.25, -0.2) is 0 Å². The molecule has 0 aromatic rings. The van der Waals surface area contributed by atoms with Gasteiger partial charge in [0.05, 0.1) is 0 Å². The topological polar surface area (TPSA) is 89.3 Å². The molecule has 0 radical (unpaired) electrons. The monoisotopic (exact) mass is 170 g/mol. The predicted octanol–water partition coefficient (Wildman–Crippen LogP) is -0.937. The van der Waals surface area contributed by atoms with Gasteiger partial charge in [-0.15, -0.1) is 0 Å². The molecule has 9 heavy (non-hydrogen) atoms. The van der Waals surface area contributed by atoms with Crippen molar-refractivity contribution in [2.75, 3.05) is 5.75 Å². The van der Waals surface area contributed by atoms with Crippen molar-refractivity contribution >= 4 is 28.0 Å². The maximum Gasteiger partial charge on any atom is 0.321 e. The lowest BCUT2D eigenvalue weighted by atomic mass is 10.4. The molecule has 0 fully saturated rings. The third-order valence-corrected chi connectivity index (χ3v) is 0.907. The largest absolute Gasteiger partial charge is 0.480 e. The second-order valence-corrected chi connectivity index (χ2v) is 1.49. The van der Waals surface area contributed by atoms with Crippen molar-refractivity contribution in [2.24, 2.45) is 11.2 Å². The van der Waals surface area contributed by atoms with Crippen LogP contribution >= 0.6 is 22.0 Å². The molecule has 0 saturated carbocycles. The van der Waals surface area contributed by atoms with Crippen molar-refractivity contribution in [3.05, 3.63) is 0 Å². The molecule has 0 aliphatic heterocycles. The van der Waals surface area contributed by atoms with Gasteiger partial charge in [-0.2, -0.15) is 12.6 Å². The lowest BCUT2D eigenvalue weighted by Crippen LogP contribution is -2.31. The first-order chi connectivity index (χ1) is 4.18. The third-order valence-electron chi connectivity index (χ3n) is 0.514. The summed E-state index contributed by atoms with van der Waals surface area (Å²) in [6.45, 7) is 0. The molecule has 0 aromatic heterocycles. The van der Waals surface area contributed by atoms with Crippen LogP contribution in [0.5, 0.6) is 0 Å². The maximum atomic E-state index is 9.76. The van der Waals surface area contributed by atoms with E-state index in [1.165, 1.54) is 0 Å². The summed E-state index contributed by atoms with van der Waals surface area (Å²) < 4.78 is 0. The highest BCUT2D eigenvalue weighted by Gasteiger charge is 2.06. The highest BCUT2D eigenvalue weighted by molar-refractivity contribution is 7.80. The summed E-state index contributed by atoms with van der Waals surface area (Å²) in [5.74, 6) is -0.815. The number of rotatable bonds is 2. The van der Waals surface area contributed by atoms with E-state index in [4.69, 9.17) is 10.8 Å². The standard InChI is InChI=1S/C3H7NO2S.H4NP/c4-2(1-7)3(5)6;1-2/h2,7H,1,4H2,(H,5,6);1-2H2. The summed E-state index contributed by atoms with van der Waals surface area (Å²) in [4.78, 5) is 9.76. The average molecular weight is 170 g/mol. The zero-order chi connectivity index (χ0) is 7.86. The highest BCUT2D eigenvalue weighted by Crippen LogP contribution is 1.80. The normalized spacial score (nSPS) is 11.1. The van der Waals surface area contributed by atoms with Crippen LogP contribution in [0.4, 0.5) is 0 Å². The van der Waals surface area contributed by atoms with Crippen molar-refractivity contribution in [2.45, 2.75) is 6.04 Å². The Morgan fingerprint density at radius 1 is 1.78 bits per heavy atom. The van der Waals surface area contributed by atoms with Crippen LogP contribution in [0.15, 0.2) is 0 Å². The number of thiol groups is 1. The van der Waals surface area contributed by atoms with Crippen molar-refractivity contribution < 1.29 is 9.90 Å². The smallest absolute Gasteiger partial charge is 0.321 e. The number of carbonyl (C=O) groups is 1. The van der Waals surface area contributed by atoms with Crippen LogP contribution in [0, 0.1) is 0 Å². The Bertz CT molecular complexity index is 82.2. The summed E-state index contributed by atoms with van der Waals surface area (Å²) in [7, 11) is 1.92. The molecule has 0 heterocycles. The van der Waals surface area contributed by atoms with Crippen LogP contribution < -0.4 is 11.2 Å². The summed E-state index contributed by atoms with van der Waals surface area (Å²) >= 11 is 3.65. The van der Waals surface area contributed by atoms with Crippen molar-refractivity contribution in [1.82, 2.24) is 0 Å². The first-order valence-corrected chi connectivity index (χ1v) is 3.41. The Morgan fingerprint density at radius 2 is 2.11 bits per heavy atom. The quantitative estimate of drug-likeness (QED) is 0.318. The number of aliphatic carboxylic acids is 1. The van der Waals surface area contributed by atoms with E-state index in [0.29, 0.717) is 0 Å². The molecule has 0 spiro atoms. The number of nitrogens with two attached hydrogens (primary N) is 2. The molecule has 5 N–H and O–H groups in total. The Hall–Kier alpha value is 0.170.